The molecular formula is C35H29NO6. The number of ketones is 1. The fourth-order valence-corrected chi connectivity index (χ4v) is 4.60. The Balaban J connectivity index is 1.58. The second kappa shape index (κ2) is 12.8. The number of rotatable bonds is 11. The number of pyridine rings is 1. The number of aromatic nitrogens is 1. The van der Waals surface area contributed by atoms with E-state index >= 15 is 0 Å². The van der Waals surface area contributed by atoms with Crippen molar-refractivity contribution in [1.82, 2.24) is 4.98 Å². The molecule has 0 fully saturated rings. The van der Waals surface area contributed by atoms with Crippen LogP contribution in [0.3, 0.4) is 0 Å². The summed E-state index contributed by atoms with van der Waals surface area (Å²) in [5.41, 5.74) is 4.06. The molecule has 0 spiro atoms. The Kier molecular flexibility index (Phi) is 8.58. The maximum atomic E-state index is 13.9. The molecule has 0 saturated carbocycles. The number of carbonyl (C=O) groups excluding carboxylic acids is 1. The van der Waals surface area contributed by atoms with Crippen molar-refractivity contribution in [3.63, 3.8) is 0 Å². The molecule has 4 aromatic carbocycles. The van der Waals surface area contributed by atoms with Crippen molar-refractivity contribution >= 4 is 28.7 Å². The number of methoxy groups -OCH3 is 1. The van der Waals surface area contributed by atoms with E-state index in [1.54, 1.807) is 24.3 Å². The molecule has 7 heteroatoms. The van der Waals surface area contributed by atoms with E-state index in [4.69, 9.17) is 19.3 Å². The van der Waals surface area contributed by atoms with Crippen molar-refractivity contribution < 1.29 is 28.9 Å². The first kappa shape index (κ1) is 28.1. The van der Waals surface area contributed by atoms with Crippen molar-refractivity contribution in [2.75, 3.05) is 7.11 Å². The SMILES string of the molecule is CCc1ccccc1C(=O)c1cnc2cc(OCc3ccccc3)ccc2c1Oc1ccc(/C=C/C(=O)O)cc1OC. The van der Waals surface area contributed by atoms with Crippen LogP contribution in [0.5, 0.6) is 23.0 Å². The molecule has 1 N–H and O–H groups in total. The van der Waals surface area contributed by atoms with Gasteiger partial charge in [0.2, 0.25) is 0 Å². The summed E-state index contributed by atoms with van der Waals surface area (Å²) in [5.74, 6) is 0.439. The maximum Gasteiger partial charge on any atom is 0.328 e. The molecule has 5 rings (SSSR count). The predicted octanol–water partition coefficient (Wildman–Crippen LogP) is 7.51. The van der Waals surface area contributed by atoms with Crippen molar-refractivity contribution in [2.45, 2.75) is 20.0 Å². The quantitative estimate of drug-likeness (QED) is 0.132. The highest BCUT2D eigenvalue weighted by Crippen LogP contribution is 2.39. The molecule has 0 unspecified atom stereocenters. The number of carbonyl (C=O) groups is 2. The van der Waals surface area contributed by atoms with Gasteiger partial charge in [-0.1, -0.05) is 67.6 Å². The molecule has 42 heavy (non-hydrogen) atoms. The maximum absolute atomic E-state index is 13.9. The Bertz CT molecular complexity index is 1780. The Labute approximate surface area is 243 Å². The average Bonchev–Trinajstić information content (AvgIpc) is 3.03. The van der Waals surface area contributed by atoms with Gasteiger partial charge in [0, 0.05) is 29.3 Å². The van der Waals surface area contributed by atoms with Gasteiger partial charge < -0.3 is 19.3 Å². The van der Waals surface area contributed by atoms with Crippen LogP contribution in [0, 0.1) is 0 Å². The first-order valence-electron chi connectivity index (χ1n) is 13.5. The number of fused-ring (bicyclic) bond motifs is 1. The lowest BCUT2D eigenvalue weighted by Crippen LogP contribution is -2.08. The van der Waals surface area contributed by atoms with Crippen LogP contribution in [-0.2, 0) is 17.8 Å². The normalized spacial score (nSPS) is 11.0. The summed E-state index contributed by atoms with van der Waals surface area (Å²) >= 11 is 0. The van der Waals surface area contributed by atoms with Crippen molar-refractivity contribution in [3.8, 4) is 23.0 Å². The molecule has 0 aliphatic heterocycles. The van der Waals surface area contributed by atoms with Gasteiger partial charge in [-0.05, 0) is 53.5 Å². The van der Waals surface area contributed by atoms with Crippen LogP contribution in [0.1, 0.15) is 39.5 Å². The van der Waals surface area contributed by atoms with Crippen LogP contribution in [0.15, 0.2) is 103 Å². The summed E-state index contributed by atoms with van der Waals surface area (Å²) in [6.45, 7) is 2.41. The lowest BCUT2D eigenvalue weighted by atomic mass is 9.96. The van der Waals surface area contributed by atoms with E-state index in [-0.39, 0.29) is 5.78 Å². The summed E-state index contributed by atoms with van der Waals surface area (Å²) in [6, 6.07) is 27.9. The summed E-state index contributed by atoms with van der Waals surface area (Å²) in [4.78, 5) is 29.5. The van der Waals surface area contributed by atoms with Gasteiger partial charge in [-0.2, -0.15) is 0 Å². The highest BCUT2D eigenvalue weighted by atomic mass is 16.5. The van der Waals surface area contributed by atoms with Gasteiger partial charge in [-0.3, -0.25) is 9.78 Å². The van der Waals surface area contributed by atoms with Gasteiger partial charge in [0.05, 0.1) is 18.2 Å². The van der Waals surface area contributed by atoms with Crippen LogP contribution >= 0.6 is 0 Å². The second-order valence-corrected chi connectivity index (χ2v) is 9.48. The number of aryl methyl sites for hydroxylation is 1. The Morgan fingerprint density at radius 1 is 0.881 bits per heavy atom. The Morgan fingerprint density at radius 3 is 2.43 bits per heavy atom. The average molecular weight is 560 g/mol. The van der Waals surface area contributed by atoms with Gasteiger partial charge in [0.25, 0.3) is 0 Å². The molecule has 1 aromatic heterocycles. The third kappa shape index (κ3) is 6.31. The zero-order valence-electron chi connectivity index (χ0n) is 23.2. The number of ether oxygens (including phenoxy) is 3. The minimum atomic E-state index is -1.06. The lowest BCUT2D eigenvalue weighted by Gasteiger charge is -2.17. The number of carboxylic acids is 1. The van der Waals surface area contributed by atoms with Gasteiger partial charge >= 0.3 is 5.97 Å². The molecule has 0 aliphatic carbocycles. The third-order valence-electron chi connectivity index (χ3n) is 6.75. The highest BCUT2D eigenvalue weighted by Gasteiger charge is 2.22. The zero-order valence-corrected chi connectivity index (χ0v) is 23.2. The first-order valence-corrected chi connectivity index (χ1v) is 13.5. The van der Waals surface area contributed by atoms with Crippen molar-refractivity contribution in [2.24, 2.45) is 0 Å². The first-order chi connectivity index (χ1) is 20.5. The van der Waals surface area contributed by atoms with E-state index in [0.717, 1.165) is 17.2 Å². The van der Waals surface area contributed by atoms with E-state index in [1.165, 1.54) is 19.4 Å². The molecule has 0 bridgehead atoms. The molecule has 0 saturated heterocycles. The summed E-state index contributed by atoms with van der Waals surface area (Å²) in [6.07, 6.45) is 4.74. The van der Waals surface area contributed by atoms with Crippen molar-refractivity contribution in [3.05, 3.63) is 131 Å². The van der Waals surface area contributed by atoms with Crippen LogP contribution in [-0.4, -0.2) is 29.0 Å². The predicted molar refractivity (Wildman–Crippen MR) is 162 cm³/mol. The smallest absolute Gasteiger partial charge is 0.328 e. The Hall–Kier alpha value is -5.43. The van der Waals surface area contributed by atoms with Gasteiger partial charge in [-0.25, -0.2) is 4.79 Å². The standard InChI is InChI=1S/C35H29NO6/c1-3-25-11-7-8-12-27(25)34(39)29-21-36-30-20-26(41-22-24-9-5-4-6-10-24)15-16-28(30)35(29)42-31-17-13-23(14-18-33(37)38)19-32(31)40-2/h4-21H,3,22H2,1-2H3,(H,37,38)/b18-14+. The number of hydrogen-bond acceptors (Lipinski definition) is 6. The second-order valence-electron chi connectivity index (χ2n) is 9.48. The van der Waals surface area contributed by atoms with Crippen molar-refractivity contribution in [1.29, 1.82) is 0 Å². The monoisotopic (exact) mass is 559 g/mol. The number of nitrogens with zero attached hydrogens (tertiary/aromatic N) is 1. The van der Waals surface area contributed by atoms with E-state index in [1.807, 2.05) is 73.7 Å². The highest BCUT2D eigenvalue weighted by molar-refractivity contribution is 6.14. The van der Waals surface area contributed by atoms with Crippen LogP contribution in [0.4, 0.5) is 0 Å². The van der Waals surface area contributed by atoms with Crippen LogP contribution in [0.25, 0.3) is 17.0 Å². The molecule has 1 heterocycles. The molecular weight excluding hydrogens is 530 g/mol. The molecule has 7 nitrogen and oxygen atoms in total. The number of aliphatic carboxylic acids is 1. The fourth-order valence-electron chi connectivity index (χ4n) is 4.60. The minimum absolute atomic E-state index is 0.207. The van der Waals surface area contributed by atoms with E-state index in [2.05, 4.69) is 4.98 Å². The minimum Gasteiger partial charge on any atom is -0.493 e. The van der Waals surface area contributed by atoms with E-state index < -0.39 is 5.97 Å². The third-order valence-corrected chi connectivity index (χ3v) is 6.75. The Morgan fingerprint density at radius 2 is 1.67 bits per heavy atom. The summed E-state index contributed by atoms with van der Waals surface area (Å²) in [5, 5.41) is 9.61. The van der Waals surface area contributed by atoms with Crippen LogP contribution in [0.2, 0.25) is 0 Å². The number of hydrogen-bond donors (Lipinski definition) is 1. The topological polar surface area (TPSA) is 95.0 Å². The summed E-state index contributed by atoms with van der Waals surface area (Å²) < 4.78 is 18.0. The molecule has 5 aromatic rings. The van der Waals surface area contributed by atoms with E-state index in [0.29, 0.717) is 63.6 Å². The van der Waals surface area contributed by atoms with Gasteiger partial charge in [0.15, 0.2) is 17.3 Å². The van der Waals surface area contributed by atoms with E-state index in [9.17, 15) is 9.59 Å². The molecule has 0 aliphatic rings. The molecule has 0 atom stereocenters. The van der Waals surface area contributed by atoms with Crippen LogP contribution < -0.4 is 14.2 Å². The number of carboxylic acid groups (broad SMARTS) is 1. The largest absolute Gasteiger partial charge is 0.493 e. The zero-order chi connectivity index (χ0) is 29.5. The molecule has 0 radical (unpaired) electrons. The summed E-state index contributed by atoms with van der Waals surface area (Å²) in [7, 11) is 1.50. The van der Waals surface area contributed by atoms with Gasteiger partial charge in [-0.15, -0.1) is 0 Å². The number of benzene rings is 4. The lowest BCUT2D eigenvalue weighted by molar-refractivity contribution is -0.131. The molecule has 0 amide bonds. The fraction of sp³-hybridized carbons (Fsp3) is 0.114. The van der Waals surface area contributed by atoms with Gasteiger partial charge in [0.1, 0.15) is 18.1 Å². The molecule has 210 valence electrons.